The first-order chi connectivity index (χ1) is 8.54. The van der Waals surface area contributed by atoms with E-state index in [1.807, 2.05) is 6.92 Å². The molecule has 0 aromatic carbocycles. The molecule has 1 rings (SSSR count). The lowest BCUT2D eigenvalue weighted by atomic mass is 10.1. The third-order valence-electron chi connectivity index (χ3n) is 2.53. The van der Waals surface area contributed by atoms with Crippen LogP contribution in [0.1, 0.15) is 30.1 Å². The van der Waals surface area contributed by atoms with E-state index in [1.54, 1.807) is 6.07 Å². The van der Waals surface area contributed by atoms with E-state index in [0.29, 0.717) is 12.1 Å². The van der Waals surface area contributed by atoms with Crippen LogP contribution in [0.5, 0.6) is 0 Å². The van der Waals surface area contributed by atoms with Crippen molar-refractivity contribution < 1.29 is 9.90 Å². The van der Waals surface area contributed by atoms with E-state index in [9.17, 15) is 4.79 Å². The molecule has 18 heavy (non-hydrogen) atoms. The monoisotopic (exact) mass is 290 g/mol. The summed E-state index contributed by atoms with van der Waals surface area (Å²) in [5, 5.41) is 12.0. The second-order valence-corrected chi connectivity index (χ2v) is 4.90. The predicted molar refractivity (Wildman–Crippen MR) is 72.1 cm³/mol. The minimum Gasteiger partial charge on any atom is -0.396 e. The zero-order chi connectivity index (χ0) is 13.5. The fourth-order valence-electron chi connectivity index (χ4n) is 1.42. The Morgan fingerprint density at radius 3 is 2.83 bits per heavy atom. The molecule has 2 N–H and O–H groups in total. The maximum Gasteiger partial charge on any atom is 0.254 e. The number of pyridine rings is 1. The standard InChI is InChI=1S/C12H16Cl2N2O2/c1-8(7-17)3-2-6-15-12(18)9-4-5-10(13)16-11(9)14/h4-5,8,17H,2-3,6-7H2,1H3,(H,15,18). The summed E-state index contributed by atoms with van der Waals surface area (Å²) in [7, 11) is 0. The first-order valence-electron chi connectivity index (χ1n) is 5.75. The molecule has 0 spiro atoms. The number of carbonyl (C=O) groups excluding carboxylic acids is 1. The molecule has 0 aliphatic rings. The van der Waals surface area contributed by atoms with Crippen LogP contribution in [-0.2, 0) is 0 Å². The highest BCUT2D eigenvalue weighted by molar-refractivity contribution is 6.34. The van der Waals surface area contributed by atoms with Crippen LogP contribution in [0.4, 0.5) is 0 Å². The van der Waals surface area contributed by atoms with Crippen LogP contribution in [0.15, 0.2) is 12.1 Å². The van der Waals surface area contributed by atoms with Crippen molar-refractivity contribution in [2.45, 2.75) is 19.8 Å². The molecule has 0 aliphatic carbocycles. The van der Waals surface area contributed by atoms with Crippen LogP contribution >= 0.6 is 23.2 Å². The van der Waals surface area contributed by atoms with Crippen LogP contribution in [0.2, 0.25) is 10.3 Å². The SMILES string of the molecule is CC(CO)CCCNC(=O)c1ccc(Cl)nc1Cl. The molecular weight excluding hydrogens is 275 g/mol. The summed E-state index contributed by atoms with van der Waals surface area (Å²) < 4.78 is 0. The fraction of sp³-hybridized carbons (Fsp3) is 0.500. The summed E-state index contributed by atoms with van der Waals surface area (Å²) >= 11 is 11.5. The number of hydrogen-bond acceptors (Lipinski definition) is 3. The van der Waals surface area contributed by atoms with Crippen LogP contribution in [0.3, 0.4) is 0 Å². The van der Waals surface area contributed by atoms with Gasteiger partial charge in [-0.15, -0.1) is 0 Å². The zero-order valence-corrected chi connectivity index (χ0v) is 11.6. The van der Waals surface area contributed by atoms with Gasteiger partial charge in [0.15, 0.2) is 0 Å². The number of aliphatic hydroxyl groups excluding tert-OH is 1. The maximum atomic E-state index is 11.8. The second kappa shape index (κ2) is 7.56. The number of halogens is 2. The largest absolute Gasteiger partial charge is 0.396 e. The average molecular weight is 291 g/mol. The van der Waals surface area contributed by atoms with E-state index in [2.05, 4.69) is 10.3 Å². The summed E-state index contributed by atoms with van der Waals surface area (Å²) in [5.41, 5.74) is 0.316. The third kappa shape index (κ3) is 4.80. The summed E-state index contributed by atoms with van der Waals surface area (Å²) in [5.74, 6) is -0.0106. The number of amides is 1. The highest BCUT2D eigenvalue weighted by Crippen LogP contribution is 2.16. The van der Waals surface area contributed by atoms with Crippen LogP contribution in [-0.4, -0.2) is 29.1 Å². The van der Waals surface area contributed by atoms with Gasteiger partial charge in [0.1, 0.15) is 10.3 Å². The lowest BCUT2D eigenvalue weighted by molar-refractivity contribution is 0.0952. The van der Waals surface area contributed by atoms with E-state index >= 15 is 0 Å². The molecule has 4 nitrogen and oxygen atoms in total. The molecule has 0 radical (unpaired) electrons. The van der Waals surface area contributed by atoms with Gasteiger partial charge < -0.3 is 10.4 Å². The summed E-state index contributed by atoms with van der Waals surface area (Å²) in [6.07, 6.45) is 1.68. The smallest absolute Gasteiger partial charge is 0.254 e. The van der Waals surface area contributed by atoms with Crippen LogP contribution < -0.4 is 5.32 Å². The molecule has 1 aromatic heterocycles. The van der Waals surface area contributed by atoms with Crippen molar-refractivity contribution in [2.75, 3.05) is 13.2 Å². The van der Waals surface area contributed by atoms with Gasteiger partial charge in [0, 0.05) is 13.2 Å². The molecule has 0 bridgehead atoms. The lowest BCUT2D eigenvalue weighted by Crippen LogP contribution is -2.25. The summed E-state index contributed by atoms with van der Waals surface area (Å²) in [4.78, 5) is 15.6. The first-order valence-corrected chi connectivity index (χ1v) is 6.51. The Kier molecular flexibility index (Phi) is 6.39. The first kappa shape index (κ1) is 15.2. The van der Waals surface area contributed by atoms with Gasteiger partial charge in [0.25, 0.3) is 5.91 Å². The number of nitrogens with one attached hydrogen (secondary N) is 1. The molecule has 1 heterocycles. The van der Waals surface area contributed by atoms with Crippen molar-refractivity contribution in [1.29, 1.82) is 0 Å². The van der Waals surface area contributed by atoms with Crippen molar-refractivity contribution >= 4 is 29.1 Å². The minimum atomic E-state index is -0.263. The predicted octanol–water partition coefficient (Wildman–Crippen LogP) is 2.53. The van der Waals surface area contributed by atoms with E-state index in [4.69, 9.17) is 28.3 Å². The highest BCUT2D eigenvalue weighted by Gasteiger charge is 2.11. The molecular formula is C12H16Cl2N2O2. The molecule has 1 aromatic rings. The molecule has 0 saturated heterocycles. The second-order valence-electron chi connectivity index (χ2n) is 4.16. The van der Waals surface area contributed by atoms with Gasteiger partial charge >= 0.3 is 0 Å². The average Bonchev–Trinajstić information content (AvgIpc) is 2.34. The van der Waals surface area contributed by atoms with Crippen LogP contribution in [0.25, 0.3) is 0 Å². The highest BCUT2D eigenvalue weighted by atomic mass is 35.5. The van der Waals surface area contributed by atoms with E-state index in [-0.39, 0.29) is 28.7 Å². The van der Waals surface area contributed by atoms with Crippen molar-refractivity contribution in [3.05, 3.63) is 28.0 Å². The van der Waals surface area contributed by atoms with E-state index in [1.165, 1.54) is 6.07 Å². The molecule has 1 unspecified atom stereocenters. The van der Waals surface area contributed by atoms with Gasteiger partial charge in [-0.1, -0.05) is 30.1 Å². The lowest BCUT2D eigenvalue weighted by Gasteiger charge is -2.09. The molecule has 100 valence electrons. The number of hydrogen-bond donors (Lipinski definition) is 2. The van der Waals surface area contributed by atoms with Crippen molar-refractivity contribution in [3.63, 3.8) is 0 Å². The van der Waals surface area contributed by atoms with Crippen molar-refractivity contribution in [2.24, 2.45) is 5.92 Å². The Hall–Kier alpha value is -0.840. The summed E-state index contributed by atoms with van der Waals surface area (Å²) in [6, 6.07) is 3.07. The zero-order valence-electron chi connectivity index (χ0n) is 10.1. The Bertz CT molecular complexity index is 413. The number of carbonyl (C=O) groups is 1. The molecule has 1 atom stereocenters. The van der Waals surface area contributed by atoms with Gasteiger partial charge in [0.2, 0.25) is 0 Å². The number of rotatable bonds is 6. The normalized spacial score (nSPS) is 12.2. The number of nitrogens with zero attached hydrogens (tertiary/aromatic N) is 1. The molecule has 0 fully saturated rings. The number of aromatic nitrogens is 1. The third-order valence-corrected chi connectivity index (χ3v) is 3.03. The Labute approximate surface area is 116 Å². The van der Waals surface area contributed by atoms with Gasteiger partial charge in [-0.2, -0.15) is 0 Å². The van der Waals surface area contributed by atoms with Gasteiger partial charge in [-0.25, -0.2) is 4.98 Å². The van der Waals surface area contributed by atoms with E-state index < -0.39 is 0 Å². The quantitative estimate of drug-likeness (QED) is 0.625. The Morgan fingerprint density at radius 2 is 2.22 bits per heavy atom. The number of aliphatic hydroxyl groups is 1. The van der Waals surface area contributed by atoms with Crippen molar-refractivity contribution in [1.82, 2.24) is 10.3 Å². The molecule has 6 heteroatoms. The van der Waals surface area contributed by atoms with E-state index in [0.717, 1.165) is 12.8 Å². The van der Waals surface area contributed by atoms with Crippen molar-refractivity contribution in [3.8, 4) is 0 Å². The van der Waals surface area contributed by atoms with Gasteiger partial charge in [-0.05, 0) is 30.9 Å². The van der Waals surface area contributed by atoms with Gasteiger partial charge in [-0.3, -0.25) is 4.79 Å². The maximum absolute atomic E-state index is 11.8. The van der Waals surface area contributed by atoms with Crippen LogP contribution in [0, 0.1) is 5.92 Å². The fourth-order valence-corrected chi connectivity index (χ4v) is 1.85. The Balaban J connectivity index is 2.41. The molecule has 1 amide bonds. The minimum absolute atomic E-state index is 0.101. The summed E-state index contributed by atoms with van der Waals surface area (Å²) in [6.45, 7) is 2.67. The Morgan fingerprint density at radius 1 is 1.50 bits per heavy atom. The molecule has 0 aliphatic heterocycles. The molecule has 0 saturated carbocycles. The van der Waals surface area contributed by atoms with Gasteiger partial charge in [0.05, 0.1) is 5.56 Å². The topological polar surface area (TPSA) is 62.2 Å².